The fourth-order valence-electron chi connectivity index (χ4n) is 4.92. The highest BCUT2D eigenvalue weighted by atomic mass is 35.5. The van der Waals surface area contributed by atoms with Gasteiger partial charge in [-0.2, -0.15) is 4.98 Å². The number of aliphatic hydroxyl groups is 1. The van der Waals surface area contributed by atoms with Gasteiger partial charge in [0.2, 0.25) is 5.95 Å². The maximum Gasteiger partial charge on any atom is 0.227 e. The van der Waals surface area contributed by atoms with Gasteiger partial charge in [0.1, 0.15) is 5.82 Å². The van der Waals surface area contributed by atoms with Gasteiger partial charge >= 0.3 is 0 Å². The highest BCUT2D eigenvalue weighted by molar-refractivity contribution is 7.84. The van der Waals surface area contributed by atoms with E-state index in [1.807, 2.05) is 6.07 Å². The van der Waals surface area contributed by atoms with Crippen molar-refractivity contribution < 1.29 is 9.32 Å². The van der Waals surface area contributed by atoms with Crippen LogP contribution in [0.4, 0.5) is 11.8 Å². The van der Waals surface area contributed by atoms with Gasteiger partial charge in [-0.15, -0.1) is 0 Å². The van der Waals surface area contributed by atoms with Crippen molar-refractivity contribution in [2.75, 3.05) is 36.2 Å². The van der Waals surface area contributed by atoms with Crippen molar-refractivity contribution in [3.63, 3.8) is 0 Å². The summed E-state index contributed by atoms with van der Waals surface area (Å²) in [6, 6.07) is 6.20. The number of halogens is 1. The minimum atomic E-state index is -1.20. The van der Waals surface area contributed by atoms with Crippen LogP contribution in [-0.4, -0.2) is 50.8 Å². The Morgan fingerprint density at radius 2 is 2.03 bits per heavy atom. The molecule has 2 N–H and O–H groups in total. The van der Waals surface area contributed by atoms with E-state index in [4.69, 9.17) is 16.6 Å². The molecular weight excluding hydrogens is 408 g/mol. The SMILES string of the molecule is C[S@](=O)c1cnc(N2CC3(Cc4ccc(Cl)cc4C3)C2)nc1NC1(CO)CCC1. The number of nitrogens with one attached hydrogen (secondary N) is 1. The highest BCUT2D eigenvalue weighted by Crippen LogP contribution is 2.45. The monoisotopic (exact) mass is 432 g/mol. The van der Waals surface area contributed by atoms with Crippen molar-refractivity contribution >= 4 is 34.2 Å². The van der Waals surface area contributed by atoms with Crippen LogP contribution >= 0.6 is 11.6 Å². The Bertz CT molecular complexity index is 983. The van der Waals surface area contributed by atoms with Gasteiger partial charge in [-0.25, -0.2) is 4.98 Å². The Hall–Kier alpha value is -1.70. The molecule has 1 aromatic heterocycles. The van der Waals surface area contributed by atoms with Crippen LogP contribution in [0, 0.1) is 5.41 Å². The lowest BCUT2D eigenvalue weighted by molar-refractivity contribution is 0.143. The summed E-state index contributed by atoms with van der Waals surface area (Å²) in [5.74, 6) is 1.25. The molecule has 1 aromatic carbocycles. The molecule has 1 aliphatic heterocycles. The first-order valence-electron chi connectivity index (χ1n) is 10.0. The summed E-state index contributed by atoms with van der Waals surface area (Å²) in [5, 5.41) is 14.0. The predicted molar refractivity (Wildman–Crippen MR) is 115 cm³/mol. The Labute approximate surface area is 178 Å². The van der Waals surface area contributed by atoms with E-state index in [1.165, 1.54) is 11.1 Å². The van der Waals surface area contributed by atoms with Gasteiger partial charge in [0, 0.05) is 29.8 Å². The first-order valence-corrected chi connectivity index (χ1v) is 12.0. The van der Waals surface area contributed by atoms with Crippen molar-refractivity contribution in [3.8, 4) is 0 Å². The number of fused-ring (bicyclic) bond motifs is 1. The lowest BCUT2D eigenvalue weighted by atomic mass is 9.77. The van der Waals surface area contributed by atoms with E-state index in [2.05, 4.69) is 27.3 Å². The Kier molecular flexibility index (Phi) is 4.60. The van der Waals surface area contributed by atoms with Gasteiger partial charge in [-0.05, 0) is 55.4 Å². The predicted octanol–water partition coefficient (Wildman–Crippen LogP) is 2.80. The number of aromatic nitrogens is 2. The molecular formula is C21H25ClN4O2S. The Morgan fingerprint density at radius 3 is 2.69 bits per heavy atom. The lowest BCUT2D eigenvalue weighted by Crippen LogP contribution is -2.57. The number of anilines is 2. The van der Waals surface area contributed by atoms with Crippen LogP contribution in [0.25, 0.3) is 0 Å². The molecule has 2 fully saturated rings. The largest absolute Gasteiger partial charge is 0.394 e. The van der Waals surface area contributed by atoms with Gasteiger partial charge in [-0.1, -0.05) is 17.7 Å². The van der Waals surface area contributed by atoms with Gasteiger partial charge in [-0.3, -0.25) is 4.21 Å². The molecule has 0 bridgehead atoms. The van der Waals surface area contributed by atoms with E-state index < -0.39 is 10.8 Å². The molecule has 0 radical (unpaired) electrons. The van der Waals surface area contributed by atoms with Crippen LogP contribution in [0.1, 0.15) is 30.4 Å². The summed E-state index contributed by atoms with van der Waals surface area (Å²) in [5.41, 5.74) is 2.63. The van der Waals surface area contributed by atoms with Crippen molar-refractivity contribution in [2.45, 2.75) is 42.5 Å². The second kappa shape index (κ2) is 6.93. The second-order valence-corrected chi connectivity index (χ2v) is 10.7. The molecule has 0 unspecified atom stereocenters. The first-order chi connectivity index (χ1) is 13.9. The summed E-state index contributed by atoms with van der Waals surface area (Å²) in [6.45, 7) is 1.85. The van der Waals surface area contributed by atoms with Crippen LogP contribution in [0.15, 0.2) is 29.3 Å². The van der Waals surface area contributed by atoms with Crippen molar-refractivity contribution in [1.29, 1.82) is 0 Å². The minimum Gasteiger partial charge on any atom is -0.394 e. The number of nitrogens with zero attached hydrogens (tertiary/aromatic N) is 3. The van der Waals surface area contributed by atoms with Crippen LogP contribution in [0.5, 0.6) is 0 Å². The zero-order valence-corrected chi connectivity index (χ0v) is 18.0. The molecule has 2 heterocycles. The molecule has 6 nitrogen and oxygen atoms in total. The molecule has 154 valence electrons. The molecule has 8 heteroatoms. The van der Waals surface area contributed by atoms with Gasteiger partial charge in [0.25, 0.3) is 0 Å². The number of hydrogen-bond donors (Lipinski definition) is 2. The highest BCUT2D eigenvalue weighted by Gasteiger charge is 2.48. The van der Waals surface area contributed by atoms with E-state index in [0.29, 0.717) is 16.7 Å². The minimum absolute atomic E-state index is 0.0514. The normalized spacial score (nSPS) is 22.0. The smallest absolute Gasteiger partial charge is 0.227 e. The van der Waals surface area contributed by atoms with Crippen LogP contribution in [0.3, 0.4) is 0 Å². The van der Waals surface area contributed by atoms with Crippen LogP contribution in [-0.2, 0) is 23.6 Å². The van der Waals surface area contributed by atoms with E-state index in [9.17, 15) is 9.32 Å². The third-order valence-corrected chi connectivity index (χ3v) is 7.84. The zero-order valence-electron chi connectivity index (χ0n) is 16.4. The maximum absolute atomic E-state index is 12.2. The summed E-state index contributed by atoms with van der Waals surface area (Å²) in [6.07, 6.45) is 8.27. The van der Waals surface area contributed by atoms with Gasteiger partial charge < -0.3 is 15.3 Å². The Balaban J connectivity index is 1.35. The summed E-state index contributed by atoms with van der Waals surface area (Å²) < 4.78 is 12.2. The number of aliphatic hydroxyl groups excluding tert-OH is 1. The third kappa shape index (κ3) is 3.33. The van der Waals surface area contributed by atoms with Crippen molar-refractivity contribution in [3.05, 3.63) is 40.5 Å². The van der Waals surface area contributed by atoms with E-state index in [-0.39, 0.29) is 17.6 Å². The molecule has 1 atom stereocenters. The molecule has 3 aliphatic rings. The fraction of sp³-hybridized carbons (Fsp3) is 0.524. The maximum atomic E-state index is 12.2. The molecule has 1 saturated heterocycles. The second-order valence-electron chi connectivity index (χ2n) is 8.88. The molecule has 1 spiro atoms. The zero-order chi connectivity index (χ0) is 20.2. The van der Waals surface area contributed by atoms with Crippen LogP contribution in [0.2, 0.25) is 5.02 Å². The van der Waals surface area contributed by atoms with Gasteiger partial charge in [0.15, 0.2) is 0 Å². The molecule has 1 saturated carbocycles. The molecule has 29 heavy (non-hydrogen) atoms. The first kappa shape index (κ1) is 19.3. The quantitative estimate of drug-likeness (QED) is 0.756. The van der Waals surface area contributed by atoms with Crippen LogP contribution < -0.4 is 10.2 Å². The lowest BCUT2D eigenvalue weighted by Gasteiger charge is -2.48. The van der Waals surface area contributed by atoms with Crippen molar-refractivity contribution in [1.82, 2.24) is 9.97 Å². The molecule has 2 aliphatic carbocycles. The number of rotatable bonds is 5. The van der Waals surface area contributed by atoms with Gasteiger partial charge in [0.05, 0.1) is 34.0 Å². The average molecular weight is 433 g/mol. The summed E-state index contributed by atoms with van der Waals surface area (Å²) in [4.78, 5) is 12.0. The number of hydrogen-bond acceptors (Lipinski definition) is 6. The third-order valence-electron chi connectivity index (χ3n) is 6.68. The van der Waals surface area contributed by atoms with Crippen molar-refractivity contribution in [2.24, 2.45) is 5.41 Å². The van der Waals surface area contributed by atoms with E-state index in [1.54, 1.807) is 12.5 Å². The number of benzene rings is 1. The fourth-order valence-corrected chi connectivity index (χ4v) is 5.69. The Morgan fingerprint density at radius 1 is 1.28 bits per heavy atom. The summed E-state index contributed by atoms with van der Waals surface area (Å²) >= 11 is 6.16. The van der Waals surface area contributed by atoms with E-state index >= 15 is 0 Å². The standard InChI is InChI=1S/C21H25ClN4O2S/c1-29(28)17-10-23-19(24-18(17)25-21(13-27)5-2-6-21)26-11-20(12-26)8-14-3-4-16(22)7-15(14)9-20/h3-4,7,10,27H,2,5-6,8-9,11-13H2,1H3,(H,23,24,25)/t29-/m0/s1. The van der Waals surface area contributed by atoms with E-state index in [0.717, 1.165) is 50.2 Å². The summed E-state index contributed by atoms with van der Waals surface area (Å²) in [7, 11) is -1.20. The molecule has 5 rings (SSSR count). The molecule has 0 amide bonds. The average Bonchev–Trinajstić information content (AvgIpc) is 3.02. The topological polar surface area (TPSA) is 78.4 Å². The molecule has 2 aromatic rings.